The average molecular weight is 1030 g/mol. The molecule has 0 unspecified atom stereocenters. The van der Waals surface area contributed by atoms with Gasteiger partial charge in [0.2, 0.25) is 59.1 Å². The van der Waals surface area contributed by atoms with E-state index < -0.39 is 131 Å². The Balaban J connectivity index is 2.82. The van der Waals surface area contributed by atoms with E-state index in [2.05, 4.69) is 21.3 Å². The van der Waals surface area contributed by atoms with E-state index in [1.165, 1.54) is 85.4 Å². The zero-order valence-corrected chi connectivity index (χ0v) is 48.0. The minimum absolute atomic E-state index is 0.0756. The number of rotatable bonds is 10. The van der Waals surface area contributed by atoms with Gasteiger partial charge in [0.25, 0.3) is 0 Å². The van der Waals surface area contributed by atoms with Crippen molar-refractivity contribution in [3.05, 3.63) is 0 Å². The van der Waals surface area contributed by atoms with Crippen LogP contribution >= 0.6 is 0 Å². The van der Waals surface area contributed by atoms with Crippen molar-refractivity contribution in [3.8, 4) is 0 Å². The lowest BCUT2D eigenvalue weighted by atomic mass is 9.97. The van der Waals surface area contributed by atoms with Crippen LogP contribution in [0, 0.1) is 35.5 Å². The lowest BCUT2D eigenvalue weighted by molar-refractivity contribution is -0.151. The lowest BCUT2D eigenvalue weighted by Gasteiger charge is -2.38. The van der Waals surface area contributed by atoms with Gasteiger partial charge in [0.05, 0.1) is 0 Å². The van der Waals surface area contributed by atoms with E-state index >= 15 is 0 Å². The molecule has 0 radical (unpaired) electrons. The van der Waals surface area contributed by atoms with Crippen LogP contribution in [0.5, 0.6) is 0 Å². The number of carbonyl (C=O) groups is 10. The summed E-state index contributed by atoms with van der Waals surface area (Å²) in [6.07, 6.45) is 1.58. The summed E-state index contributed by atoms with van der Waals surface area (Å²) in [7, 11) is 7.27. The Morgan fingerprint density at radius 2 is 0.671 bits per heavy atom. The molecule has 2 saturated heterocycles. The molecule has 0 aromatic rings. The van der Waals surface area contributed by atoms with Gasteiger partial charge in [0, 0.05) is 41.8 Å². The molecule has 20 heteroatoms. The van der Waals surface area contributed by atoms with E-state index in [1.807, 2.05) is 55.4 Å². The fourth-order valence-corrected chi connectivity index (χ4v) is 9.84. The molecule has 2 heterocycles. The molecule has 2 aliphatic heterocycles. The molecule has 2 fully saturated rings. The molecule has 0 bridgehead atoms. The van der Waals surface area contributed by atoms with E-state index in [1.54, 1.807) is 27.7 Å². The number of carbonyl (C=O) groups excluding carboxylic acids is 10. The molecule has 10 amide bonds. The molecule has 4 N–H and O–H groups in total. The second-order valence-electron chi connectivity index (χ2n) is 23.1. The highest BCUT2D eigenvalue weighted by Gasteiger charge is 2.44. The molecule has 2 rings (SSSR count). The number of likely N-dealkylation sites (N-methyl/N-ethyl adjacent to an activating group) is 5. The smallest absolute Gasteiger partial charge is 0.245 e. The van der Waals surface area contributed by atoms with Crippen LogP contribution in [0.3, 0.4) is 0 Å². The first-order chi connectivity index (χ1) is 33.7. The van der Waals surface area contributed by atoms with Crippen molar-refractivity contribution in [1.29, 1.82) is 0 Å². The number of amides is 10. The molecule has 0 spiro atoms. The Kier molecular flexibility index (Phi) is 24.3. The highest BCUT2D eigenvalue weighted by molar-refractivity contribution is 5.99. The van der Waals surface area contributed by atoms with Crippen LogP contribution in [0.15, 0.2) is 0 Å². The summed E-state index contributed by atoms with van der Waals surface area (Å²) < 4.78 is 0. The lowest BCUT2D eigenvalue weighted by Crippen LogP contribution is -2.62. The standard InChI is InChI=1S/C53H94N10O10/c1-28(2)24-37-51(71)60(18)36(15)48(68)61(19)42(32(9)10)46(66)56-38(25-29(3)4)49(69)59(17)35(14)45(65)55-40(27-31(7)8)52(72)63-23-21-22-41(63)53(73)62(20)43(33(11)12)47(67)57-39(26-30(5)6)50(70)58(16)34(13)44(64)54-37/h28-43H,21-27H2,1-20H3,(H,54,64)(H,55,65)(H,56,66)(H,57,67)/t34-,35-,36+,37+,38+,39+,40+,41-,42+,43+/m1/s1. The number of fused-ring (bicyclic) bond motifs is 1. The van der Waals surface area contributed by atoms with Crippen molar-refractivity contribution in [2.45, 2.75) is 203 Å². The molecule has 2 aliphatic rings. The second-order valence-corrected chi connectivity index (χ2v) is 23.1. The Labute approximate surface area is 436 Å². The van der Waals surface area contributed by atoms with E-state index in [0.717, 1.165) is 0 Å². The monoisotopic (exact) mass is 1030 g/mol. The van der Waals surface area contributed by atoms with Crippen LogP contribution in [-0.4, -0.2) is 191 Å². The fraction of sp³-hybridized carbons (Fsp3) is 0.811. The number of nitrogens with zero attached hydrogens (tertiary/aromatic N) is 6. The molecule has 0 aromatic heterocycles. The van der Waals surface area contributed by atoms with Gasteiger partial charge in [-0.25, -0.2) is 0 Å². The van der Waals surface area contributed by atoms with E-state index in [4.69, 9.17) is 0 Å². The first-order valence-electron chi connectivity index (χ1n) is 26.5. The Hall–Kier alpha value is -5.30. The summed E-state index contributed by atoms with van der Waals surface area (Å²) >= 11 is 0. The first kappa shape index (κ1) is 63.8. The van der Waals surface area contributed by atoms with Gasteiger partial charge in [0.15, 0.2) is 0 Å². The first-order valence-corrected chi connectivity index (χ1v) is 26.5. The molecular weight excluding hydrogens is 937 g/mol. The Morgan fingerprint density at radius 1 is 0.384 bits per heavy atom. The normalized spacial score (nSPS) is 28.5. The molecule has 0 saturated carbocycles. The Morgan fingerprint density at radius 3 is 0.986 bits per heavy atom. The molecule has 0 aliphatic carbocycles. The van der Waals surface area contributed by atoms with Crippen molar-refractivity contribution in [2.75, 3.05) is 41.8 Å². The van der Waals surface area contributed by atoms with Crippen LogP contribution < -0.4 is 21.3 Å². The van der Waals surface area contributed by atoms with Crippen molar-refractivity contribution in [2.24, 2.45) is 35.5 Å². The highest BCUT2D eigenvalue weighted by Crippen LogP contribution is 2.25. The van der Waals surface area contributed by atoms with E-state index in [0.29, 0.717) is 12.8 Å². The van der Waals surface area contributed by atoms with Gasteiger partial charge in [-0.15, -0.1) is 0 Å². The van der Waals surface area contributed by atoms with Gasteiger partial charge in [-0.3, -0.25) is 47.9 Å². The maximum atomic E-state index is 14.6. The van der Waals surface area contributed by atoms with Gasteiger partial charge >= 0.3 is 0 Å². The van der Waals surface area contributed by atoms with Crippen molar-refractivity contribution in [3.63, 3.8) is 0 Å². The maximum absolute atomic E-state index is 14.6. The third-order valence-electron chi connectivity index (χ3n) is 14.3. The SMILES string of the molecule is CC(C)C[C@@H]1NC(=O)[C@H](C(C)C)N(C)C(=O)[C@H]2CCCN2C(=O)[C@H](CC(C)C)NC(=O)[C@@H](C)N(C)C(=O)[C@H](CC(C)C)NC(=O)[C@H](C(C)C)N(C)C(=O)[C@H](C)N(C)C(=O)[C@H](CC(C)C)NC(=O)[C@@H](C)N(C)C1=O. The molecule has 20 nitrogen and oxygen atoms in total. The third-order valence-corrected chi connectivity index (χ3v) is 14.3. The zero-order chi connectivity index (χ0) is 56.3. The largest absolute Gasteiger partial charge is 0.343 e. The van der Waals surface area contributed by atoms with Gasteiger partial charge in [-0.05, 0) is 94.8 Å². The van der Waals surface area contributed by atoms with Gasteiger partial charge in [-0.1, -0.05) is 83.1 Å². The molecular formula is C53H94N10O10. The van der Waals surface area contributed by atoms with Crippen LogP contribution in [-0.2, 0) is 47.9 Å². The number of hydrogen-bond acceptors (Lipinski definition) is 10. The summed E-state index contributed by atoms with van der Waals surface area (Å²) in [5.74, 6) is -7.01. The summed E-state index contributed by atoms with van der Waals surface area (Å²) in [6, 6.07) is -10.9. The minimum Gasteiger partial charge on any atom is -0.343 e. The fourth-order valence-electron chi connectivity index (χ4n) is 9.84. The predicted octanol–water partition coefficient (Wildman–Crippen LogP) is 2.62. The molecule has 416 valence electrons. The topological polar surface area (TPSA) is 238 Å². The van der Waals surface area contributed by atoms with Crippen LogP contribution in [0.4, 0.5) is 0 Å². The second kappa shape index (κ2) is 27.8. The van der Waals surface area contributed by atoms with E-state index in [-0.39, 0.29) is 55.9 Å². The number of nitrogens with one attached hydrogen (secondary N) is 4. The average Bonchev–Trinajstić information content (AvgIpc) is 3.79. The third kappa shape index (κ3) is 16.9. The summed E-state index contributed by atoms with van der Waals surface area (Å²) in [5, 5.41) is 11.5. The van der Waals surface area contributed by atoms with Crippen LogP contribution in [0.2, 0.25) is 0 Å². The van der Waals surface area contributed by atoms with Crippen molar-refractivity contribution < 1.29 is 47.9 Å². The summed E-state index contributed by atoms with van der Waals surface area (Å²) in [5.41, 5.74) is 0. The number of hydrogen-bond donors (Lipinski definition) is 4. The van der Waals surface area contributed by atoms with Gasteiger partial charge in [0.1, 0.15) is 60.4 Å². The zero-order valence-electron chi connectivity index (χ0n) is 48.0. The molecule has 10 atom stereocenters. The predicted molar refractivity (Wildman–Crippen MR) is 280 cm³/mol. The van der Waals surface area contributed by atoms with Crippen LogP contribution in [0.1, 0.15) is 142 Å². The summed E-state index contributed by atoms with van der Waals surface area (Å²) in [4.78, 5) is 151. The minimum atomic E-state index is -1.13. The maximum Gasteiger partial charge on any atom is 0.245 e. The molecule has 0 aromatic carbocycles. The van der Waals surface area contributed by atoms with E-state index in [9.17, 15) is 47.9 Å². The summed E-state index contributed by atoms with van der Waals surface area (Å²) in [6.45, 7) is 26.9. The van der Waals surface area contributed by atoms with Gasteiger partial charge < -0.3 is 50.7 Å². The van der Waals surface area contributed by atoms with Crippen molar-refractivity contribution >= 4 is 59.1 Å². The van der Waals surface area contributed by atoms with Crippen LogP contribution in [0.25, 0.3) is 0 Å². The highest BCUT2D eigenvalue weighted by atomic mass is 16.2. The quantitative estimate of drug-likeness (QED) is 0.250. The van der Waals surface area contributed by atoms with Gasteiger partial charge in [-0.2, -0.15) is 0 Å². The Bertz CT molecular complexity index is 1970. The van der Waals surface area contributed by atoms with Crippen molar-refractivity contribution in [1.82, 2.24) is 50.7 Å². The molecule has 73 heavy (non-hydrogen) atoms.